The Morgan fingerprint density at radius 3 is 2.79 bits per heavy atom. The topological polar surface area (TPSA) is 29.1 Å². The molecule has 1 amide bonds. The fourth-order valence-electron chi connectivity index (χ4n) is 2.11. The van der Waals surface area contributed by atoms with Gasteiger partial charge in [-0.3, -0.25) is 4.79 Å². The van der Waals surface area contributed by atoms with Crippen molar-refractivity contribution in [1.82, 2.24) is 5.32 Å². The Hall–Kier alpha value is -0.0500. The van der Waals surface area contributed by atoms with Gasteiger partial charge in [0, 0.05) is 17.8 Å². The molecule has 14 heavy (non-hydrogen) atoms. The third-order valence-electron chi connectivity index (χ3n) is 3.16. The van der Waals surface area contributed by atoms with E-state index in [1.165, 1.54) is 19.3 Å². The van der Waals surface area contributed by atoms with Crippen molar-refractivity contribution in [3.63, 3.8) is 0 Å². The highest BCUT2D eigenvalue weighted by Gasteiger charge is 2.32. The molecule has 0 bridgehead atoms. The predicted molar refractivity (Wildman–Crippen MR) is 62.6 cm³/mol. The van der Waals surface area contributed by atoms with E-state index >= 15 is 0 Å². The molecule has 0 aromatic heterocycles. The molecule has 1 N–H and O–H groups in total. The maximum atomic E-state index is 11.5. The Kier molecular flexibility index (Phi) is 4.42. The van der Waals surface area contributed by atoms with E-state index < -0.39 is 0 Å². The van der Waals surface area contributed by atoms with E-state index in [2.05, 4.69) is 35.1 Å². The zero-order valence-corrected chi connectivity index (χ0v) is 10.7. The van der Waals surface area contributed by atoms with Crippen molar-refractivity contribution < 1.29 is 4.79 Å². The predicted octanol–water partition coefficient (Wildman–Crippen LogP) is 2.86. The molecule has 82 valence electrons. The van der Waals surface area contributed by atoms with Crippen molar-refractivity contribution in [2.45, 2.75) is 52.0 Å². The zero-order valence-electron chi connectivity index (χ0n) is 9.11. The lowest BCUT2D eigenvalue weighted by Crippen LogP contribution is -2.46. The minimum atomic E-state index is 0.182. The summed E-state index contributed by atoms with van der Waals surface area (Å²) in [6.07, 6.45) is 5.51. The fourth-order valence-corrected chi connectivity index (χ4v) is 2.47. The molecule has 1 saturated carbocycles. The highest BCUT2D eigenvalue weighted by molar-refractivity contribution is 9.09. The van der Waals surface area contributed by atoms with Crippen LogP contribution in [0.2, 0.25) is 0 Å². The van der Waals surface area contributed by atoms with E-state index in [1.807, 2.05) is 0 Å². The Bertz CT molecular complexity index is 203. The molecule has 0 spiro atoms. The molecule has 0 saturated heterocycles. The number of rotatable bonds is 3. The van der Waals surface area contributed by atoms with E-state index in [0.29, 0.717) is 12.5 Å². The maximum absolute atomic E-state index is 11.5. The van der Waals surface area contributed by atoms with E-state index in [4.69, 9.17) is 0 Å². The minimum Gasteiger partial charge on any atom is -0.353 e. The molecular weight excluding hydrogens is 242 g/mol. The molecule has 3 heteroatoms. The summed E-state index contributed by atoms with van der Waals surface area (Å²) in [7, 11) is 0. The molecule has 1 atom stereocenters. The number of nitrogens with one attached hydrogen (secondary N) is 1. The summed E-state index contributed by atoms with van der Waals surface area (Å²) in [6, 6.07) is 0.378. The third kappa shape index (κ3) is 3.26. The van der Waals surface area contributed by atoms with Crippen LogP contribution in [0.15, 0.2) is 0 Å². The van der Waals surface area contributed by atoms with Crippen LogP contribution in [-0.4, -0.2) is 17.3 Å². The Balaban J connectivity index is 2.45. The smallest absolute Gasteiger partial charge is 0.221 e. The number of alkyl halides is 1. The molecule has 1 fully saturated rings. The van der Waals surface area contributed by atoms with Crippen molar-refractivity contribution in [2.24, 2.45) is 5.41 Å². The van der Waals surface area contributed by atoms with Crippen LogP contribution >= 0.6 is 15.9 Å². The second-order valence-electron chi connectivity index (χ2n) is 4.79. The first-order chi connectivity index (χ1) is 6.56. The van der Waals surface area contributed by atoms with E-state index in [0.717, 1.165) is 11.8 Å². The van der Waals surface area contributed by atoms with Gasteiger partial charge in [0.25, 0.3) is 0 Å². The second kappa shape index (κ2) is 5.15. The van der Waals surface area contributed by atoms with Gasteiger partial charge in [0.05, 0.1) is 0 Å². The largest absolute Gasteiger partial charge is 0.353 e. The van der Waals surface area contributed by atoms with Gasteiger partial charge in [0.2, 0.25) is 5.91 Å². The lowest BCUT2D eigenvalue weighted by molar-refractivity contribution is -0.122. The summed E-state index contributed by atoms with van der Waals surface area (Å²) in [6.45, 7) is 4.51. The fraction of sp³-hybridized carbons (Fsp3) is 0.909. The summed E-state index contributed by atoms with van der Waals surface area (Å²) in [5.74, 6) is 0.182. The normalized spacial score (nSPS) is 25.8. The van der Waals surface area contributed by atoms with Crippen molar-refractivity contribution in [2.75, 3.05) is 5.33 Å². The number of hydrogen-bond donors (Lipinski definition) is 1. The molecule has 0 aromatic carbocycles. The summed E-state index contributed by atoms with van der Waals surface area (Å²) in [5, 5.41) is 3.90. The maximum Gasteiger partial charge on any atom is 0.221 e. The average Bonchev–Trinajstić information content (AvgIpc) is 2.09. The third-order valence-corrected chi connectivity index (χ3v) is 3.56. The van der Waals surface area contributed by atoms with Gasteiger partial charge in [-0.25, -0.2) is 0 Å². The number of carbonyl (C=O) groups is 1. The quantitative estimate of drug-likeness (QED) is 0.778. The van der Waals surface area contributed by atoms with Crippen LogP contribution in [0, 0.1) is 5.41 Å². The van der Waals surface area contributed by atoms with E-state index in [-0.39, 0.29) is 11.3 Å². The monoisotopic (exact) mass is 261 g/mol. The first-order valence-electron chi connectivity index (χ1n) is 5.41. The Morgan fingerprint density at radius 1 is 1.50 bits per heavy atom. The highest BCUT2D eigenvalue weighted by Crippen LogP contribution is 2.35. The van der Waals surface area contributed by atoms with Gasteiger partial charge in [0.15, 0.2) is 0 Å². The average molecular weight is 262 g/mol. The van der Waals surface area contributed by atoms with Crippen LogP contribution in [0.25, 0.3) is 0 Å². The molecular formula is C11H20BrNO. The van der Waals surface area contributed by atoms with Crippen molar-refractivity contribution >= 4 is 21.8 Å². The lowest BCUT2D eigenvalue weighted by atomic mass is 9.73. The number of halogens is 1. The van der Waals surface area contributed by atoms with Gasteiger partial charge < -0.3 is 5.32 Å². The minimum absolute atomic E-state index is 0.182. The van der Waals surface area contributed by atoms with Gasteiger partial charge in [-0.15, -0.1) is 0 Å². The van der Waals surface area contributed by atoms with Gasteiger partial charge >= 0.3 is 0 Å². The van der Waals surface area contributed by atoms with Crippen LogP contribution in [0.3, 0.4) is 0 Å². The summed E-state index contributed by atoms with van der Waals surface area (Å²) in [5.41, 5.74) is 0.278. The van der Waals surface area contributed by atoms with Crippen molar-refractivity contribution in [3.8, 4) is 0 Å². The van der Waals surface area contributed by atoms with Gasteiger partial charge in [0.1, 0.15) is 0 Å². The first kappa shape index (κ1) is 12.0. The van der Waals surface area contributed by atoms with Gasteiger partial charge in [-0.1, -0.05) is 42.6 Å². The SMILES string of the molecule is CC1(C)CCCCC1NC(=O)CCBr. The molecule has 0 heterocycles. The Morgan fingerprint density at radius 2 is 2.21 bits per heavy atom. The van der Waals surface area contributed by atoms with Crippen molar-refractivity contribution in [3.05, 3.63) is 0 Å². The van der Waals surface area contributed by atoms with Crippen molar-refractivity contribution in [1.29, 1.82) is 0 Å². The van der Waals surface area contributed by atoms with Crippen LogP contribution in [-0.2, 0) is 4.79 Å². The van der Waals surface area contributed by atoms with Crippen LogP contribution < -0.4 is 5.32 Å². The van der Waals surface area contributed by atoms with Crippen LogP contribution in [0.1, 0.15) is 46.0 Å². The van der Waals surface area contributed by atoms with Gasteiger partial charge in [-0.05, 0) is 18.3 Å². The first-order valence-corrected chi connectivity index (χ1v) is 6.54. The molecule has 0 aliphatic heterocycles. The second-order valence-corrected chi connectivity index (χ2v) is 5.59. The van der Waals surface area contributed by atoms with Crippen LogP contribution in [0.5, 0.6) is 0 Å². The molecule has 2 nitrogen and oxygen atoms in total. The molecule has 1 rings (SSSR count). The number of hydrogen-bond acceptors (Lipinski definition) is 1. The lowest BCUT2D eigenvalue weighted by Gasteiger charge is -2.39. The summed E-state index contributed by atoms with van der Waals surface area (Å²) in [4.78, 5) is 11.5. The molecule has 1 aliphatic carbocycles. The number of carbonyl (C=O) groups excluding carboxylic acids is 1. The van der Waals surface area contributed by atoms with E-state index in [1.54, 1.807) is 0 Å². The zero-order chi connectivity index (χ0) is 10.6. The standard InChI is InChI=1S/C11H20BrNO/c1-11(2)7-4-3-5-9(11)13-10(14)6-8-12/h9H,3-8H2,1-2H3,(H,13,14). The molecule has 1 aliphatic rings. The molecule has 0 aromatic rings. The summed E-state index contributed by atoms with van der Waals surface area (Å²) >= 11 is 3.28. The Labute approximate surface area is 95.0 Å². The summed E-state index contributed by atoms with van der Waals surface area (Å²) < 4.78 is 0. The van der Waals surface area contributed by atoms with E-state index in [9.17, 15) is 4.79 Å². The number of amides is 1. The molecule has 0 radical (unpaired) electrons. The van der Waals surface area contributed by atoms with Gasteiger partial charge in [-0.2, -0.15) is 0 Å². The van der Waals surface area contributed by atoms with Crippen LogP contribution in [0.4, 0.5) is 0 Å². The highest BCUT2D eigenvalue weighted by atomic mass is 79.9. The molecule has 1 unspecified atom stereocenters.